The van der Waals surface area contributed by atoms with Crippen molar-refractivity contribution in [2.45, 2.75) is 51.2 Å². The first-order valence-electron chi connectivity index (χ1n) is 7.87. The molecule has 3 heteroatoms. The van der Waals surface area contributed by atoms with Crippen molar-refractivity contribution in [3.8, 4) is 0 Å². The fourth-order valence-electron chi connectivity index (χ4n) is 3.16. The zero-order valence-electron chi connectivity index (χ0n) is 12.5. The molecule has 0 bridgehead atoms. The van der Waals surface area contributed by atoms with Crippen molar-refractivity contribution in [3.63, 3.8) is 0 Å². The summed E-state index contributed by atoms with van der Waals surface area (Å²) in [6.45, 7) is 3.79. The van der Waals surface area contributed by atoms with Gasteiger partial charge in [0.25, 0.3) is 0 Å². The molecule has 1 unspecified atom stereocenters. The SMILES string of the molecule is CC[C@@H](O)CN(CCCO)C1CCCc2ccccc21. The number of rotatable bonds is 7. The van der Waals surface area contributed by atoms with Gasteiger partial charge in [-0.3, -0.25) is 4.90 Å². The Morgan fingerprint density at radius 3 is 2.90 bits per heavy atom. The molecule has 2 atom stereocenters. The van der Waals surface area contributed by atoms with E-state index >= 15 is 0 Å². The van der Waals surface area contributed by atoms with E-state index in [1.54, 1.807) is 0 Å². The standard InChI is InChI=1S/C17H27NO2/c1-2-15(20)13-18(11-6-12-19)17-10-5-8-14-7-3-4-9-16(14)17/h3-4,7,9,15,17,19-20H,2,5-6,8,10-13H2,1H3/t15-,17?/m1/s1. The van der Waals surface area contributed by atoms with E-state index in [1.807, 2.05) is 6.92 Å². The normalized spacial score (nSPS) is 19.9. The largest absolute Gasteiger partial charge is 0.396 e. The Labute approximate surface area is 122 Å². The van der Waals surface area contributed by atoms with Gasteiger partial charge in [-0.15, -0.1) is 0 Å². The number of hydrogen-bond acceptors (Lipinski definition) is 3. The summed E-state index contributed by atoms with van der Waals surface area (Å²) in [6, 6.07) is 9.07. The maximum Gasteiger partial charge on any atom is 0.0664 e. The predicted molar refractivity (Wildman–Crippen MR) is 81.7 cm³/mol. The molecule has 3 nitrogen and oxygen atoms in total. The van der Waals surface area contributed by atoms with Crippen molar-refractivity contribution < 1.29 is 10.2 Å². The minimum absolute atomic E-state index is 0.215. The molecule has 1 aliphatic carbocycles. The topological polar surface area (TPSA) is 43.7 Å². The third-order valence-corrected chi connectivity index (χ3v) is 4.30. The second-order valence-corrected chi connectivity index (χ2v) is 5.74. The first-order chi connectivity index (χ1) is 9.76. The summed E-state index contributed by atoms with van der Waals surface area (Å²) in [5.74, 6) is 0. The molecule has 1 aromatic rings. The van der Waals surface area contributed by atoms with E-state index < -0.39 is 0 Å². The highest BCUT2D eigenvalue weighted by molar-refractivity contribution is 5.32. The van der Waals surface area contributed by atoms with Crippen LogP contribution in [0.5, 0.6) is 0 Å². The van der Waals surface area contributed by atoms with Crippen LogP contribution in [0.1, 0.15) is 49.8 Å². The van der Waals surface area contributed by atoms with Gasteiger partial charge in [0, 0.05) is 25.7 Å². The molecule has 2 N–H and O–H groups in total. The molecule has 1 aliphatic rings. The minimum atomic E-state index is -0.275. The molecule has 0 saturated carbocycles. The van der Waals surface area contributed by atoms with Crippen molar-refractivity contribution in [1.29, 1.82) is 0 Å². The molecular weight excluding hydrogens is 250 g/mol. The zero-order chi connectivity index (χ0) is 14.4. The molecule has 0 aromatic heterocycles. The molecule has 2 rings (SSSR count). The Bertz CT molecular complexity index is 408. The molecule has 0 heterocycles. The van der Waals surface area contributed by atoms with Crippen LogP contribution in [0, 0.1) is 0 Å². The van der Waals surface area contributed by atoms with Crippen molar-refractivity contribution in [2.24, 2.45) is 0 Å². The second kappa shape index (κ2) is 7.77. The van der Waals surface area contributed by atoms with Crippen LogP contribution in [0.25, 0.3) is 0 Å². The van der Waals surface area contributed by atoms with Crippen molar-refractivity contribution >= 4 is 0 Å². The van der Waals surface area contributed by atoms with Gasteiger partial charge >= 0.3 is 0 Å². The van der Waals surface area contributed by atoms with E-state index in [9.17, 15) is 5.11 Å². The molecule has 1 aromatic carbocycles. The summed E-state index contributed by atoms with van der Waals surface area (Å²) in [7, 11) is 0. The van der Waals surface area contributed by atoms with Gasteiger partial charge < -0.3 is 10.2 Å². The third kappa shape index (κ3) is 3.81. The fraction of sp³-hybridized carbons (Fsp3) is 0.647. The molecular formula is C17H27NO2. The Kier molecular flexibility index (Phi) is 6.02. The van der Waals surface area contributed by atoms with Crippen molar-refractivity contribution in [1.82, 2.24) is 4.90 Å². The van der Waals surface area contributed by atoms with Gasteiger partial charge in [0.15, 0.2) is 0 Å². The number of hydrogen-bond donors (Lipinski definition) is 2. The number of aliphatic hydroxyl groups excluding tert-OH is 2. The van der Waals surface area contributed by atoms with E-state index in [1.165, 1.54) is 17.5 Å². The molecule has 0 amide bonds. The lowest BCUT2D eigenvalue weighted by molar-refractivity contribution is 0.0730. The number of nitrogens with zero attached hydrogens (tertiary/aromatic N) is 1. The molecule has 0 aliphatic heterocycles. The number of fused-ring (bicyclic) bond motifs is 1. The van der Waals surface area contributed by atoms with Crippen LogP contribution in [0.3, 0.4) is 0 Å². The molecule has 0 fully saturated rings. The number of benzene rings is 1. The van der Waals surface area contributed by atoms with Gasteiger partial charge in [0.1, 0.15) is 0 Å². The third-order valence-electron chi connectivity index (χ3n) is 4.30. The number of aryl methyl sites for hydroxylation is 1. The summed E-state index contributed by atoms with van der Waals surface area (Å²) in [4.78, 5) is 2.36. The van der Waals surface area contributed by atoms with Crippen LogP contribution in [0.15, 0.2) is 24.3 Å². The highest BCUT2D eigenvalue weighted by atomic mass is 16.3. The van der Waals surface area contributed by atoms with Gasteiger partial charge in [-0.1, -0.05) is 31.2 Å². The first kappa shape index (κ1) is 15.5. The van der Waals surface area contributed by atoms with Gasteiger partial charge in [-0.25, -0.2) is 0 Å². The summed E-state index contributed by atoms with van der Waals surface area (Å²) in [6.07, 6.45) is 4.80. The predicted octanol–water partition coefficient (Wildman–Crippen LogP) is 2.52. The van der Waals surface area contributed by atoms with Gasteiger partial charge in [-0.05, 0) is 43.2 Å². The van der Waals surface area contributed by atoms with E-state index in [-0.39, 0.29) is 12.7 Å². The summed E-state index contributed by atoms with van der Waals surface area (Å²) >= 11 is 0. The minimum Gasteiger partial charge on any atom is -0.396 e. The Hall–Kier alpha value is -0.900. The monoisotopic (exact) mass is 277 g/mol. The van der Waals surface area contributed by atoms with Crippen LogP contribution in [0.2, 0.25) is 0 Å². The van der Waals surface area contributed by atoms with Crippen LogP contribution in [-0.2, 0) is 6.42 Å². The second-order valence-electron chi connectivity index (χ2n) is 5.74. The Morgan fingerprint density at radius 1 is 1.35 bits per heavy atom. The average molecular weight is 277 g/mol. The van der Waals surface area contributed by atoms with Crippen LogP contribution in [-0.4, -0.2) is 40.9 Å². The summed E-state index contributed by atoms with van der Waals surface area (Å²) in [5.41, 5.74) is 2.86. The molecule has 0 saturated heterocycles. The molecule has 112 valence electrons. The van der Waals surface area contributed by atoms with Gasteiger partial charge in [0.05, 0.1) is 6.10 Å². The highest BCUT2D eigenvalue weighted by Gasteiger charge is 2.26. The lowest BCUT2D eigenvalue weighted by Crippen LogP contribution is -2.38. The van der Waals surface area contributed by atoms with Crippen LogP contribution in [0.4, 0.5) is 0 Å². The highest BCUT2D eigenvalue weighted by Crippen LogP contribution is 2.34. The van der Waals surface area contributed by atoms with Gasteiger partial charge in [0.2, 0.25) is 0 Å². The van der Waals surface area contributed by atoms with E-state index in [0.717, 1.165) is 32.2 Å². The molecule has 0 radical (unpaired) electrons. The molecule has 0 spiro atoms. The van der Waals surface area contributed by atoms with Crippen LogP contribution < -0.4 is 0 Å². The van der Waals surface area contributed by atoms with Gasteiger partial charge in [-0.2, -0.15) is 0 Å². The first-order valence-corrected chi connectivity index (χ1v) is 7.87. The maximum absolute atomic E-state index is 10.0. The smallest absolute Gasteiger partial charge is 0.0664 e. The fourth-order valence-corrected chi connectivity index (χ4v) is 3.16. The maximum atomic E-state index is 10.0. The lowest BCUT2D eigenvalue weighted by atomic mass is 9.86. The van der Waals surface area contributed by atoms with Crippen molar-refractivity contribution in [3.05, 3.63) is 35.4 Å². The average Bonchev–Trinajstić information content (AvgIpc) is 2.50. The quantitative estimate of drug-likeness (QED) is 0.805. The zero-order valence-corrected chi connectivity index (χ0v) is 12.5. The Morgan fingerprint density at radius 2 is 2.15 bits per heavy atom. The van der Waals surface area contributed by atoms with E-state index in [0.29, 0.717) is 12.6 Å². The summed E-state index contributed by atoms with van der Waals surface area (Å²) in [5, 5.41) is 19.1. The number of aliphatic hydroxyl groups is 2. The lowest BCUT2D eigenvalue weighted by Gasteiger charge is -2.37. The van der Waals surface area contributed by atoms with Crippen molar-refractivity contribution in [2.75, 3.05) is 19.7 Å². The van der Waals surface area contributed by atoms with Crippen LogP contribution >= 0.6 is 0 Å². The van der Waals surface area contributed by atoms with E-state index in [4.69, 9.17) is 5.11 Å². The van der Waals surface area contributed by atoms with E-state index in [2.05, 4.69) is 29.2 Å². The molecule has 20 heavy (non-hydrogen) atoms. The summed E-state index contributed by atoms with van der Waals surface area (Å²) < 4.78 is 0. The Balaban J connectivity index is 2.15.